The van der Waals surface area contributed by atoms with Gasteiger partial charge < -0.3 is 9.64 Å². The lowest BCUT2D eigenvalue weighted by atomic mass is 10.1. The third kappa shape index (κ3) is 5.38. The number of hydrogen-bond donors (Lipinski definition) is 0. The maximum Gasteiger partial charge on any atom is 0.264 e. The Bertz CT molecular complexity index is 1150. The van der Waals surface area contributed by atoms with Gasteiger partial charge in [0.2, 0.25) is 0 Å². The van der Waals surface area contributed by atoms with Crippen LogP contribution in [-0.4, -0.2) is 41.9 Å². The number of piperazine rings is 1. The highest BCUT2D eigenvalue weighted by molar-refractivity contribution is 7.12. The summed E-state index contributed by atoms with van der Waals surface area (Å²) in [5, 5.41) is 3.36. The Morgan fingerprint density at radius 2 is 1.79 bits per heavy atom. The van der Waals surface area contributed by atoms with Gasteiger partial charge in [-0.05, 0) is 71.7 Å². The first-order valence-electron chi connectivity index (χ1n) is 11.3. The second-order valence-electron chi connectivity index (χ2n) is 8.70. The quantitative estimate of drug-likeness (QED) is 0.411. The van der Waals surface area contributed by atoms with Gasteiger partial charge in [0, 0.05) is 48.3 Å². The standard InChI is InChI=1S/C26H26Cl2N2O2S/c27-22-6-4-21(24(28)14-22)15-29-8-10-30(11-9-29)26(31)25-12-18(17-33-25)16-32-23-7-5-19-2-1-3-20(19)13-23/h4-7,12-14,17H,1-3,8-11,15-16H2. The van der Waals surface area contributed by atoms with Crippen molar-refractivity contribution in [3.05, 3.63) is 85.0 Å². The number of aryl methyl sites for hydroxylation is 2. The average Bonchev–Trinajstić information content (AvgIpc) is 3.49. The van der Waals surface area contributed by atoms with Crippen molar-refractivity contribution in [2.45, 2.75) is 32.4 Å². The van der Waals surface area contributed by atoms with Crippen molar-refractivity contribution in [1.29, 1.82) is 0 Å². The van der Waals surface area contributed by atoms with E-state index in [4.69, 9.17) is 27.9 Å². The van der Waals surface area contributed by atoms with Gasteiger partial charge in [0.1, 0.15) is 12.4 Å². The van der Waals surface area contributed by atoms with E-state index in [2.05, 4.69) is 23.1 Å². The predicted octanol–water partition coefficient (Wildman–Crippen LogP) is 6.08. The largest absolute Gasteiger partial charge is 0.489 e. The lowest BCUT2D eigenvalue weighted by Gasteiger charge is -2.34. The number of benzene rings is 2. The molecule has 1 amide bonds. The summed E-state index contributed by atoms with van der Waals surface area (Å²) in [4.78, 5) is 18.1. The molecule has 3 aromatic rings. The smallest absolute Gasteiger partial charge is 0.264 e. The monoisotopic (exact) mass is 500 g/mol. The molecule has 7 heteroatoms. The Balaban J connectivity index is 1.12. The van der Waals surface area contributed by atoms with Crippen LogP contribution in [0.3, 0.4) is 0 Å². The summed E-state index contributed by atoms with van der Waals surface area (Å²) in [7, 11) is 0. The summed E-state index contributed by atoms with van der Waals surface area (Å²) >= 11 is 13.8. The van der Waals surface area contributed by atoms with Crippen LogP contribution in [0.4, 0.5) is 0 Å². The number of thiophene rings is 1. The van der Waals surface area contributed by atoms with Gasteiger partial charge in [0.25, 0.3) is 5.91 Å². The van der Waals surface area contributed by atoms with Gasteiger partial charge in [-0.25, -0.2) is 0 Å². The summed E-state index contributed by atoms with van der Waals surface area (Å²) in [6.45, 7) is 4.32. The molecule has 172 valence electrons. The van der Waals surface area contributed by atoms with Crippen LogP contribution < -0.4 is 4.74 Å². The number of ether oxygens (including phenoxy) is 1. The summed E-state index contributed by atoms with van der Waals surface area (Å²) in [6, 6.07) is 14.0. The van der Waals surface area contributed by atoms with Gasteiger partial charge in [-0.1, -0.05) is 35.3 Å². The van der Waals surface area contributed by atoms with Gasteiger partial charge in [-0.15, -0.1) is 11.3 Å². The summed E-state index contributed by atoms with van der Waals surface area (Å²) in [6.07, 6.45) is 3.55. The molecule has 4 nitrogen and oxygen atoms in total. The molecule has 1 fully saturated rings. The van der Waals surface area contributed by atoms with Crippen LogP contribution in [0.15, 0.2) is 47.8 Å². The van der Waals surface area contributed by atoms with E-state index in [-0.39, 0.29) is 5.91 Å². The minimum atomic E-state index is 0.105. The van der Waals surface area contributed by atoms with Crippen molar-refractivity contribution in [2.75, 3.05) is 26.2 Å². The zero-order valence-corrected chi connectivity index (χ0v) is 20.7. The van der Waals surface area contributed by atoms with E-state index in [0.717, 1.165) is 47.8 Å². The maximum absolute atomic E-state index is 13.0. The fourth-order valence-corrected chi connectivity index (χ4v) is 5.86. The fourth-order valence-electron chi connectivity index (χ4n) is 4.52. The topological polar surface area (TPSA) is 32.8 Å². The van der Waals surface area contributed by atoms with Gasteiger partial charge in [-0.3, -0.25) is 9.69 Å². The number of nitrogens with zero attached hydrogens (tertiary/aromatic N) is 2. The molecule has 0 saturated carbocycles. The SMILES string of the molecule is O=C(c1cc(COc2ccc3c(c2)CCC3)cs1)N1CCN(Cc2ccc(Cl)cc2Cl)CC1. The van der Waals surface area contributed by atoms with E-state index in [0.29, 0.717) is 29.7 Å². The van der Waals surface area contributed by atoms with Crippen molar-refractivity contribution in [3.63, 3.8) is 0 Å². The summed E-state index contributed by atoms with van der Waals surface area (Å²) < 4.78 is 6.00. The molecule has 2 aromatic carbocycles. The van der Waals surface area contributed by atoms with Crippen LogP contribution >= 0.6 is 34.5 Å². The van der Waals surface area contributed by atoms with E-state index in [1.54, 1.807) is 6.07 Å². The fraction of sp³-hybridized carbons (Fsp3) is 0.346. The van der Waals surface area contributed by atoms with E-state index in [1.807, 2.05) is 28.5 Å². The second-order valence-corrected chi connectivity index (χ2v) is 10.5. The minimum Gasteiger partial charge on any atom is -0.489 e. The van der Waals surface area contributed by atoms with Gasteiger partial charge in [-0.2, -0.15) is 0 Å². The number of amides is 1. The van der Waals surface area contributed by atoms with E-state index < -0.39 is 0 Å². The van der Waals surface area contributed by atoms with Crippen LogP contribution in [0.1, 0.15) is 38.3 Å². The molecule has 0 spiro atoms. The summed E-state index contributed by atoms with van der Waals surface area (Å²) in [5.41, 5.74) is 4.96. The molecule has 0 radical (unpaired) electrons. The zero-order valence-electron chi connectivity index (χ0n) is 18.4. The minimum absolute atomic E-state index is 0.105. The first-order valence-corrected chi connectivity index (χ1v) is 13.0. The molecule has 1 aliphatic carbocycles. The molecule has 0 bridgehead atoms. The molecule has 2 heterocycles. The van der Waals surface area contributed by atoms with Crippen molar-refractivity contribution in [1.82, 2.24) is 9.80 Å². The third-order valence-electron chi connectivity index (χ3n) is 6.41. The lowest BCUT2D eigenvalue weighted by molar-refractivity contribution is 0.0633. The van der Waals surface area contributed by atoms with Crippen LogP contribution in [0.2, 0.25) is 10.0 Å². The molecule has 0 N–H and O–H groups in total. The molecule has 1 aromatic heterocycles. The highest BCUT2D eigenvalue weighted by atomic mass is 35.5. The van der Waals surface area contributed by atoms with Crippen LogP contribution in [0.5, 0.6) is 5.75 Å². The molecule has 1 aliphatic heterocycles. The average molecular weight is 501 g/mol. The van der Waals surface area contributed by atoms with Crippen molar-refractivity contribution in [2.24, 2.45) is 0 Å². The Labute approximate surface area is 208 Å². The van der Waals surface area contributed by atoms with Gasteiger partial charge >= 0.3 is 0 Å². The molecular formula is C26H26Cl2N2O2S. The van der Waals surface area contributed by atoms with Crippen LogP contribution in [0.25, 0.3) is 0 Å². The Morgan fingerprint density at radius 3 is 2.61 bits per heavy atom. The van der Waals surface area contributed by atoms with Crippen molar-refractivity contribution < 1.29 is 9.53 Å². The number of halogens is 2. The highest BCUT2D eigenvalue weighted by Crippen LogP contribution is 2.27. The first-order chi connectivity index (χ1) is 16.0. The number of rotatable bonds is 6. The molecule has 0 atom stereocenters. The zero-order chi connectivity index (χ0) is 22.8. The third-order valence-corrected chi connectivity index (χ3v) is 7.96. The Kier molecular flexibility index (Phi) is 6.93. The molecule has 0 unspecified atom stereocenters. The number of hydrogen-bond acceptors (Lipinski definition) is 4. The highest BCUT2D eigenvalue weighted by Gasteiger charge is 2.24. The van der Waals surface area contributed by atoms with Gasteiger partial charge in [0.05, 0.1) is 4.88 Å². The van der Waals surface area contributed by atoms with E-state index >= 15 is 0 Å². The summed E-state index contributed by atoms with van der Waals surface area (Å²) in [5.74, 6) is 1.01. The van der Waals surface area contributed by atoms with E-state index in [1.165, 1.54) is 35.3 Å². The number of fused-ring (bicyclic) bond motifs is 1. The molecular weight excluding hydrogens is 475 g/mol. The predicted molar refractivity (Wildman–Crippen MR) is 135 cm³/mol. The van der Waals surface area contributed by atoms with Crippen LogP contribution in [0, 0.1) is 0 Å². The molecule has 2 aliphatic rings. The Morgan fingerprint density at radius 1 is 0.970 bits per heavy atom. The van der Waals surface area contributed by atoms with Crippen molar-refractivity contribution in [3.8, 4) is 5.75 Å². The van der Waals surface area contributed by atoms with Crippen molar-refractivity contribution >= 4 is 40.4 Å². The number of carbonyl (C=O) groups is 1. The second kappa shape index (κ2) is 10.1. The normalized spacial score (nSPS) is 16.1. The maximum atomic E-state index is 13.0. The molecule has 33 heavy (non-hydrogen) atoms. The van der Waals surface area contributed by atoms with E-state index in [9.17, 15) is 4.79 Å². The first kappa shape index (κ1) is 22.7. The molecule has 1 saturated heterocycles. The Hall–Kier alpha value is -2.05. The lowest BCUT2D eigenvalue weighted by Crippen LogP contribution is -2.48. The van der Waals surface area contributed by atoms with Gasteiger partial charge in [0.15, 0.2) is 0 Å². The molecule has 5 rings (SSSR count). The number of carbonyl (C=O) groups excluding carboxylic acids is 1. The van der Waals surface area contributed by atoms with Crippen LogP contribution in [-0.2, 0) is 26.0 Å².